The Morgan fingerprint density at radius 2 is 2.00 bits per heavy atom. The van der Waals surface area contributed by atoms with Crippen LogP contribution in [0.4, 0.5) is 0 Å². The highest BCUT2D eigenvalue weighted by atomic mass is 35.5. The summed E-state index contributed by atoms with van der Waals surface area (Å²) in [6.07, 6.45) is 3.25. The third kappa shape index (κ3) is 4.60. The molecule has 21 heavy (non-hydrogen) atoms. The van der Waals surface area contributed by atoms with Crippen LogP contribution in [0.2, 0.25) is 5.02 Å². The van der Waals surface area contributed by atoms with E-state index in [0.717, 1.165) is 16.3 Å². The second-order valence-corrected chi connectivity index (χ2v) is 6.61. The van der Waals surface area contributed by atoms with E-state index < -0.39 is 6.10 Å². The van der Waals surface area contributed by atoms with Gasteiger partial charge in [-0.2, -0.15) is 0 Å². The third-order valence-corrected chi connectivity index (χ3v) is 4.79. The molecule has 3 atom stereocenters. The normalized spacial score (nSPS) is 24.8. The minimum atomic E-state index is -0.469. The van der Waals surface area contributed by atoms with Gasteiger partial charge in [-0.1, -0.05) is 18.0 Å². The summed E-state index contributed by atoms with van der Waals surface area (Å²) in [4.78, 5) is 2.39. The minimum absolute atomic E-state index is 0.316. The molecule has 4 heteroatoms. The molecular weight excluding hydrogens is 286 g/mol. The van der Waals surface area contributed by atoms with Gasteiger partial charge >= 0.3 is 0 Å². The molecule has 1 aliphatic heterocycles. The zero-order chi connectivity index (χ0) is 15.4. The maximum absolute atomic E-state index is 10.2. The lowest BCUT2D eigenvalue weighted by molar-refractivity contribution is 0.0209. The molecule has 3 nitrogen and oxygen atoms in total. The topological polar surface area (TPSA) is 32.7 Å². The Morgan fingerprint density at radius 1 is 1.33 bits per heavy atom. The van der Waals surface area contributed by atoms with E-state index in [9.17, 15) is 5.11 Å². The first-order chi connectivity index (χ1) is 9.97. The van der Waals surface area contributed by atoms with Gasteiger partial charge in [0.15, 0.2) is 0 Å². The molecule has 0 radical (unpaired) electrons. The Kier molecular flexibility index (Phi) is 5.91. The Balaban J connectivity index is 1.83. The van der Waals surface area contributed by atoms with E-state index in [0.29, 0.717) is 25.2 Å². The quantitative estimate of drug-likeness (QED) is 0.901. The number of β-amino-alcohol motifs (C(OH)–C–C–N with tert-alkyl or cyclic N) is 1. The molecule has 0 aliphatic carbocycles. The lowest BCUT2D eigenvalue weighted by Gasteiger charge is -2.40. The van der Waals surface area contributed by atoms with Crippen molar-refractivity contribution in [3.05, 3.63) is 28.8 Å². The molecule has 0 amide bonds. The Bertz CT molecular complexity index is 456. The van der Waals surface area contributed by atoms with Crippen molar-refractivity contribution < 1.29 is 9.84 Å². The SMILES string of the molecule is Cc1cc(OC[C@H](O)CN2[C@H](C)CCC[C@H]2C)ccc1Cl. The van der Waals surface area contributed by atoms with Gasteiger partial charge in [0.2, 0.25) is 0 Å². The summed E-state index contributed by atoms with van der Waals surface area (Å²) in [5.74, 6) is 0.760. The van der Waals surface area contributed by atoms with Crippen molar-refractivity contribution in [1.82, 2.24) is 4.90 Å². The molecule has 118 valence electrons. The fourth-order valence-corrected chi connectivity index (χ4v) is 3.15. The van der Waals surface area contributed by atoms with Crippen LogP contribution in [0.5, 0.6) is 5.75 Å². The molecule has 1 N–H and O–H groups in total. The van der Waals surface area contributed by atoms with Gasteiger partial charge in [-0.25, -0.2) is 0 Å². The van der Waals surface area contributed by atoms with Gasteiger partial charge in [0, 0.05) is 23.7 Å². The number of nitrogens with zero attached hydrogens (tertiary/aromatic N) is 1. The number of ether oxygens (including phenoxy) is 1. The molecular formula is C17H26ClNO2. The highest BCUT2D eigenvalue weighted by molar-refractivity contribution is 6.31. The number of rotatable bonds is 5. The molecule has 2 rings (SSSR count). The highest BCUT2D eigenvalue weighted by Crippen LogP contribution is 2.23. The fourth-order valence-electron chi connectivity index (χ4n) is 3.03. The summed E-state index contributed by atoms with van der Waals surface area (Å²) in [5.41, 5.74) is 0.988. The van der Waals surface area contributed by atoms with E-state index >= 15 is 0 Å². The monoisotopic (exact) mass is 311 g/mol. The predicted molar refractivity (Wildman–Crippen MR) is 87.2 cm³/mol. The zero-order valence-corrected chi connectivity index (χ0v) is 13.9. The van der Waals surface area contributed by atoms with Crippen LogP contribution >= 0.6 is 11.6 Å². The van der Waals surface area contributed by atoms with Gasteiger partial charge in [0.25, 0.3) is 0 Å². The van der Waals surface area contributed by atoms with Crippen LogP contribution in [0.1, 0.15) is 38.7 Å². The summed E-state index contributed by atoms with van der Waals surface area (Å²) < 4.78 is 5.68. The first-order valence-electron chi connectivity index (χ1n) is 7.80. The maximum Gasteiger partial charge on any atom is 0.119 e. The van der Waals surface area contributed by atoms with Gasteiger partial charge in [0.1, 0.15) is 18.5 Å². The van der Waals surface area contributed by atoms with Crippen molar-refractivity contribution in [2.75, 3.05) is 13.2 Å². The summed E-state index contributed by atoms with van der Waals surface area (Å²) in [6, 6.07) is 6.66. The predicted octanol–water partition coefficient (Wildman–Crippen LogP) is 3.65. The number of aliphatic hydroxyl groups excluding tert-OH is 1. The summed E-state index contributed by atoms with van der Waals surface area (Å²) in [7, 11) is 0. The van der Waals surface area contributed by atoms with Crippen molar-refractivity contribution in [1.29, 1.82) is 0 Å². The number of piperidine rings is 1. The maximum atomic E-state index is 10.2. The van der Waals surface area contributed by atoms with Gasteiger partial charge in [-0.05, 0) is 57.4 Å². The number of likely N-dealkylation sites (tertiary alicyclic amines) is 1. The molecule has 0 bridgehead atoms. The number of hydrogen-bond donors (Lipinski definition) is 1. The van der Waals surface area contributed by atoms with Crippen molar-refractivity contribution in [2.24, 2.45) is 0 Å². The number of benzene rings is 1. The highest BCUT2D eigenvalue weighted by Gasteiger charge is 2.26. The van der Waals surface area contributed by atoms with E-state index in [1.165, 1.54) is 19.3 Å². The third-order valence-electron chi connectivity index (χ3n) is 4.37. The van der Waals surface area contributed by atoms with Crippen LogP contribution < -0.4 is 4.74 Å². The molecule has 1 aromatic carbocycles. The molecule has 1 heterocycles. The van der Waals surface area contributed by atoms with E-state index in [1.807, 2.05) is 25.1 Å². The second kappa shape index (κ2) is 7.48. The summed E-state index contributed by atoms with van der Waals surface area (Å²) in [6.45, 7) is 7.42. The van der Waals surface area contributed by atoms with Gasteiger partial charge in [0.05, 0.1) is 0 Å². The van der Waals surface area contributed by atoms with Crippen LogP contribution in [0.15, 0.2) is 18.2 Å². The summed E-state index contributed by atoms with van der Waals surface area (Å²) >= 11 is 5.99. The van der Waals surface area contributed by atoms with Crippen molar-refractivity contribution in [3.63, 3.8) is 0 Å². The average molecular weight is 312 g/mol. The first kappa shape index (κ1) is 16.6. The molecule has 0 spiro atoms. The van der Waals surface area contributed by atoms with Crippen molar-refractivity contribution in [2.45, 2.75) is 58.2 Å². The van der Waals surface area contributed by atoms with Gasteiger partial charge < -0.3 is 9.84 Å². The lowest BCUT2D eigenvalue weighted by atomic mass is 9.97. The molecule has 0 unspecified atom stereocenters. The molecule has 1 fully saturated rings. The standard InChI is InChI=1S/C17H26ClNO2/c1-12-9-16(7-8-17(12)18)21-11-15(20)10-19-13(2)5-4-6-14(19)3/h7-9,13-15,20H,4-6,10-11H2,1-3H3/t13-,14-,15-/m1/s1. The largest absolute Gasteiger partial charge is 0.491 e. The van der Waals surface area contributed by atoms with Gasteiger partial charge in [-0.3, -0.25) is 4.90 Å². The van der Waals surface area contributed by atoms with Crippen LogP contribution in [0.3, 0.4) is 0 Å². The second-order valence-electron chi connectivity index (χ2n) is 6.20. The van der Waals surface area contributed by atoms with E-state index in [1.54, 1.807) is 0 Å². The molecule has 1 aliphatic rings. The first-order valence-corrected chi connectivity index (χ1v) is 8.18. The van der Waals surface area contributed by atoms with Crippen molar-refractivity contribution >= 4 is 11.6 Å². The number of aliphatic hydroxyl groups is 1. The van der Waals surface area contributed by atoms with Crippen LogP contribution in [0, 0.1) is 6.92 Å². The molecule has 1 aromatic rings. The molecule has 0 saturated carbocycles. The summed E-state index contributed by atoms with van der Waals surface area (Å²) in [5, 5.41) is 11.0. The number of halogens is 1. The van der Waals surface area contributed by atoms with Crippen molar-refractivity contribution in [3.8, 4) is 5.75 Å². The number of aryl methyl sites for hydroxylation is 1. The fraction of sp³-hybridized carbons (Fsp3) is 0.647. The van der Waals surface area contributed by atoms with Crippen LogP contribution in [0.25, 0.3) is 0 Å². The Morgan fingerprint density at radius 3 is 2.62 bits per heavy atom. The zero-order valence-electron chi connectivity index (χ0n) is 13.2. The molecule has 1 saturated heterocycles. The van der Waals surface area contributed by atoms with E-state index in [4.69, 9.17) is 16.3 Å². The van der Waals surface area contributed by atoms with Gasteiger partial charge in [-0.15, -0.1) is 0 Å². The average Bonchev–Trinajstić information content (AvgIpc) is 2.44. The Labute approximate surface area is 132 Å². The molecule has 0 aromatic heterocycles. The van der Waals surface area contributed by atoms with E-state index in [2.05, 4.69) is 18.7 Å². The Hall–Kier alpha value is -0.770. The van der Waals surface area contributed by atoms with E-state index in [-0.39, 0.29) is 0 Å². The number of hydrogen-bond acceptors (Lipinski definition) is 3. The minimum Gasteiger partial charge on any atom is -0.491 e. The van der Waals surface area contributed by atoms with Crippen LogP contribution in [-0.2, 0) is 0 Å². The smallest absolute Gasteiger partial charge is 0.119 e. The lowest BCUT2D eigenvalue weighted by Crippen LogP contribution is -2.48. The van der Waals surface area contributed by atoms with Crippen LogP contribution in [-0.4, -0.2) is 41.3 Å².